The summed E-state index contributed by atoms with van der Waals surface area (Å²) in [6.45, 7) is 2.30. The number of ether oxygens (including phenoxy) is 2. The van der Waals surface area contributed by atoms with Gasteiger partial charge >= 0.3 is 6.03 Å². The van der Waals surface area contributed by atoms with E-state index in [0.717, 1.165) is 42.9 Å². The molecule has 2 aliphatic heterocycles. The molecule has 2 fully saturated rings. The lowest BCUT2D eigenvalue weighted by atomic mass is 10.1. The van der Waals surface area contributed by atoms with E-state index < -0.39 is 0 Å². The lowest BCUT2D eigenvalue weighted by Gasteiger charge is -2.41. The monoisotopic (exact) mass is 532 g/mol. The Morgan fingerprint density at radius 1 is 1.05 bits per heavy atom. The molecule has 38 heavy (non-hydrogen) atoms. The Kier molecular flexibility index (Phi) is 6.55. The van der Waals surface area contributed by atoms with E-state index in [2.05, 4.69) is 19.6 Å². The molecule has 9 nitrogen and oxygen atoms in total. The van der Waals surface area contributed by atoms with Crippen molar-refractivity contribution in [3.63, 3.8) is 0 Å². The second-order valence-corrected chi connectivity index (χ2v) is 10.1. The first-order valence-electron chi connectivity index (χ1n) is 12.7. The Morgan fingerprint density at radius 2 is 1.79 bits per heavy atom. The van der Waals surface area contributed by atoms with E-state index in [0.29, 0.717) is 34.5 Å². The molecule has 6 rings (SSSR count). The van der Waals surface area contributed by atoms with Crippen LogP contribution < -0.4 is 14.8 Å². The van der Waals surface area contributed by atoms with Crippen molar-refractivity contribution in [2.75, 3.05) is 32.6 Å². The molecular weight excluding hydrogens is 504 g/mol. The summed E-state index contributed by atoms with van der Waals surface area (Å²) in [5.74, 6) is 1.88. The SMILES string of the molecule is COc1ccc(NC(=O)N2C3CCC2CN(Cc2c(-c4ccc(Cl)cc4)nc4ncccn24)C3)cc1OC. The zero-order valence-electron chi connectivity index (χ0n) is 21.3. The van der Waals surface area contributed by atoms with E-state index in [1.807, 2.05) is 47.5 Å². The van der Waals surface area contributed by atoms with Crippen LogP contribution >= 0.6 is 11.6 Å². The first kappa shape index (κ1) is 24.5. The molecule has 0 saturated carbocycles. The molecule has 2 unspecified atom stereocenters. The number of rotatable bonds is 6. The molecule has 0 aliphatic carbocycles. The maximum absolute atomic E-state index is 13.3. The average molecular weight is 533 g/mol. The summed E-state index contributed by atoms with van der Waals surface area (Å²) in [5, 5.41) is 3.75. The van der Waals surface area contributed by atoms with Crippen molar-refractivity contribution < 1.29 is 14.3 Å². The van der Waals surface area contributed by atoms with E-state index in [9.17, 15) is 4.79 Å². The Morgan fingerprint density at radius 3 is 2.50 bits per heavy atom. The first-order valence-corrected chi connectivity index (χ1v) is 13.0. The van der Waals surface area contributed by atoms with Crippen LogP contribution in [0, 0.1) is 0 Å². The molecule has 0 spiro atoms. The van der Waals surface area contributed by atoms with E-state index >= 15 is 0 Å². The number of piperazine rings is 1. The Bertz CT molecular complexity index is 1460. The minimum atomic E-state index is -0.0785. The zero-order chi connectivity index (χ0) is 26.2. The van der Waals surface area contributed by atoms with E-state index in [1.54, 1.807) is 32.5 Å². The van der Waals surface area contributed by atoms with Crippen molar-refractivity contribution in [2.45, 2.75) is 31.5 Å². The van der Waals surface area contributed by atoms with Gasteiger partial charge in [0.25, 0.3) is 0 Å². The van der Waals surface area contributed by atoms with Crippen LogP contribution in [-0.2, 0) is 6.54 Å². The molecule has 2 saturated heterocycles. The molecule has 4 aromatic rings. The molecule has 2 bridgehead atoms. The topological polar surface area (TPSA) is 84.2 Å². The van der Waals surface area contributed by atoms with Crippen LogP contribution in [0.25, 0.3) is 17.0 Å². The van der Waals surface area contributed by atoms with Crippen molar-refractivity contribution in [1.29, 1.82) is 0 Å². The number of halogens is 1. The average Bonchev–Trinajstić information content (AvgIpc) is 3.43. The van der Waals surface area contributed by atoms with Crippen molar-refractivity contribution >= 4 is 29.1 Å². The third kappa shape index (κ3) is 4.52. The number of hydrogen-bond donors (Lipinski definition) is 1. The van der Waals surface area contributed by atoms with Crippen LogP contribution in [0.3, 0.4) is 0 Å². The highest BCUT2D eigenvalue weighted by atomic mass is 35.5. The molecule has 2 aliphatic rings. The van der Waals surface area contributed by atoms with Crippen LogP contribution in [0.15, 0.2) is 60.9 Å². The summed E-state index contributed by atoms with van der Waals surface area (Å²) in [6, 6.07) is 15.3. The quantitative estimate of drug-likeness (QED) is 0.378. The van der Waals surface area contributed by atoms with Gasteiger partial charge in [-0.15, -0.1) is 0 Å². The summed E-state index contributed by atoms with van der Waals surface area (Å²) >= 11 is 6.14. The van der Waals surface area contributed by atoms with Gasteiger partial charge in [-0.05, 0) is 43.2 Å². The standard InChI is InChI=1S/C28H29ClN6O3/c1-37-24-11-8-20(14-25(24)38-2)31-28(36)35-21-9-10-22(35)16-33(15-21)17-23-26(18-4-6-19(29)7-5-18)32-27-30-12-3-13-34(23)27/h3-8,11-14,21-22H,9-10,15-17H2,1-2H3,(H,31,36). The van der Waals surface area contributed by atoms with Gasteiger partial charge in [-0.2, -0.15) is 0 Å². The Balaban J connectivity index is 1.20. The number of nitrogens with one attached hydrogen (secondary N) is 1. The molecule has 2 aromatic carbocycles. The number of amides is 2. The second-order valence-electron chi connectivity index (χ2n) is 9.69. The molecular formula is C28H29ClN6O3. The molecule has 10 heteroatoms. The molecule has 4 heterocycles. The lowest BCUT2D eigenvalue weighted by Crippen LogP contribution is -2.56. The Hall–Kier alpha value is -3.82. The molecule has 2 amide bonds. The zero-order valence-corrected chi connectivity index (χ0v) is 22.1. The maximum atomic E-state index is 13.3. The lowest BCUT2D eigenvalue weighted by molar-refractivity contribution is 0.0894. The number of urea groups is 1. The predicted octanol–water partition coefficient (Wildman–Crippen LogP) is 4.95. The number of fused-ring (bicyclic) bond motifs is 3. The normalized spacial score (nSPS) is 19.1. The minimum Gasteiger partial charge on any atom is -0.493 e. The van der Waals surface area contributed by atoms with Crippen LogP contribution in [0.4, 0.5) is 10.5 Å². The summed E-state index contributed by atoms with van der Waals surface area (Å²) in [6.07, 6.45) is 5.73. The van der Waals surface area contributed by atoms with Crippen molar-refractivity contribution in [1.82, 2.24) is 24.2 Å². The number of methoxy groups -OCH3 is 2. The summed E-state index contributed by atoms with van der Waals surface area (Å²) in [5.41, 5.74) is 3.67. The number of anilines is 1. The summed E-state index contributed by atoms with van der Waals surface area (Å²) in [7, 11) is 3.18. The van der Waals surface area contributed by atoms with Crippen LogP contribution in [0.1, 0.15) is 18.5 Å². The number of aromatic nitrogens is 3. The number of imidazole rings is 1. The van der Waals surface area contributed by atoms with Gasteiger partial charge < -0.3 is 19.7 Å². The van der Waals surface area contributed by atoms with Gasteiger partial charge in [0, 0.05) is 66.5 Å². The number of carbonyl (C=O) groups excluding carboxylic acids is 1. The fourth-order valence-corrected chi connectivity index (χ4v) is 5.82. The van der Waals surface area contributed by atoms with Crippen LogP contribution in [-0.4, -0.2) is 69.6 Å². The third-order valence-corrected chi connectivity index (χ3v) is 7.67. The highest BCUT2D eigenvalue weighted by molar-refractivity contribution is 6.30. The number of likely N-dealkylation sites (tertiary alicyclic amines) is 1. The largest absolute Gasteiger partial charge is 0.493 e. The number of nitrogens with zero attached hydrogens (tertiary/aromatic N) is 5. The van der Waals surface area contributed by atoms with Gasteiger partial charge in [0.1, 0.15) is 0 Å². The number of carbonyl (C=O) groups is 1. The number of hydrogen-bond acceptors (Lipinski definition) is 6. The van der Waals surface area contributed by atoms with Gasteiger partial charge in [0.2, 0.25) is 5.78 Å². The van der Waals surface area contributed by atoms with Gasteiger partial charge in [-0.1, -0.05) is 23.7 Å². The van der Waals surface area contributed by atoms with Gasteiger partial charge in [-0.3, -0.25) is 9.30 Å². The van der Waals surface area contributed by atoms with Crippen molar-refractivity contribution in [3.05, 3.63) is 71.6 Å². The minimum absolute atomic E-state index is 0.0785. The van der Waals surface area contributed by atoms with E-state index in [-0.39, 0.29) is 18.1 Å². The highest BCUT2D eigenvalue weighted by Crippen LogP contribution is 2.34. The third-order valence-electron chi connectivity index (χ3n) is 7.42. The van der Waals surface area contributed by atoms with E-state index in [1.165, 1.54) is 0 Å². The van der Waals surface area contributed by atoms with Gasteiger partial charge in [0.05, 0.1) is 25.6 Å². The Labute approximate surface area is 226 Å². The van der Waals surface area contributed by atoms with Crippen molar-refractivity contribution in [2.24, 2.45) is 0 Å². The summed E-state index contributed by atoms with van der Waals surface area (Å²) in [4.78, 5) is 27.1. The molecule has 2 atom stereocenters. The first-order chi connectivity index (χ1) is 18.5. The highest BCUT2D eigenvalue weighted by Gasteiger charge is 2.43. The van der Waals surface area contributed by atoms with Crippen LogP contribution in [0.2, 0.25) is 5.02 Å². The number of benzene rings is 2. The van der Waals surface area contributed by atoms with E-state index in [4.69, 9.17) is 26.1 Å². The summed E-state index contributed by atoms with van der Waals surface area (Å²) < 4.78 is 12.8. The van der Waals surface area contributed by atoms with Gasteiger partial charge in [-0.25, -0.2) is 14.8 Å². The molecule has 0 radical (unpaired) electrons. The maximum Gasteiger partial charge on any atom is 0.322 e. The van der Waals surface area contributed by atoms with Crippen LogP contribution in [0.5, 0.6) is 11.5 Å². The molecule has 196 valence electrons. The molecule has 2 aromatic heterocycles. The fourth-order valence-electron chi connectivity index (χ4n) is 5.69. The molecule has 1 N–H and O–H groups in total. The predicted molar refractivity (Wildman–Crippen MR) is 146 cm³/mol. The smallest absolute Gasteiger partial charge is 0.322 e. The second kappa shape index (κ2) is 10.2. The van der Waals surface area contributed by atoms with Crippen molar-refractivity contribution in [3.8, 4) is 22.8 Å². The van der Waals surface area contributed by atoms with Gasteiger partial charge in [0.15, 0.2) is 11.5 Å². The fraction of sp³-hybridized carbons (Fsp3) is 0.321.